The first-order chi connectivity index (χ1) is 11.1. The van der Waals surface area contributed by atoms with Crippen LogP contribution in [0.1, 0.15) is 23.7 Å². The van der Waals surface area contributed by atoms with Crippen molar-refractivity contribution in [1.82, 2.24) is 4.57 Å². The highest BCUT2D eigenvalue weighted by atomic mass is 16.5. The number of carbonyl (C=O) groups excluding carboxylic acids is 2. The molecule has 0 aliphatic heterocycles. The van der Waals surface area contributed by atoms with Gasteiger partial charge in [0.25, 0.3) is 5.56 Å². The van der Waals surface area contributed by atoms with E-state index in [0.717, 1.165) is 0 Å². The van der Waals surface area contributed by atoms with E-state index in [0.29, 0.717) is 24.4 Å². The number of ether oxygens (including phenoxy) is 1. The Morgan fingerprint density at radius 2 is 2.00 bits per heavy atom. The van der Waals surface area contributed by atoms with Crippen LogP contribution in [0.5, 0.6) is 0 Å². The molecule has 2 rings (SSSR count). The fourth-order valence-corrected chi connectivity index (χ4v) is 2.03. The van der Waals surface area contributed by atoms with Crippen molar-refractivity contribution in [2.75, 3.05) is 11.9 Å². The lowest BCUT2D eigenvalue weighted by molar-refractivity contribution is -0.116. The van der Waals surface area contributed by atoms with E-state index in [1.165, 1.54) is 10.6 Å². The van der Waals surface area contributed by atoms with Gasteiger partial charge in [0.1, 0.15) is 0 Å². The Labute approximate surface area is 133 Å². The van der Waals surface area contributed by atoms with Gasteiger partial charge in [-0.2, -0.15) is 0 Å². The molecule has 23 heavy (non-hydrogen) atoms. The lowest BCUT2D eigenvalue weighted by Crippen LogP contribution is -2.21. The Hall–Kier alpha value is -2.89. The second kappa shape index (κ2) is 7.93. The van der Waals surface area contributed by atoms with E-state index in [9.17, 15) is 14.4 Å². The predicted molar refractivity (Wildman–Crippen MR) is 86.3 cm³/mol. The van der Waals surface area contributed by atoms with Gasteiger partial charge in [-0.15, -0.1) is 0 Å². The van der Waals surface area contributed by atoms with E-state index < -0.39 is 5.97 Å². The van der Waals surface area contributed by atoms with Gasteiger partial charge in [-0.1, -0.05) is 12.1 Å². The van der Waals surface area contributed by atoms with Crippen LogP contribution in [0.2, 0.25) is 0 Å². The first kappa shape index (κ1) is 16.5. The van der Waals surface area contributed by atoms with Crippen LogP contribution in [0.3, 0.4) is 0 Å². The van der Waals surface area contributed by atoms with Gasteiger partial charge in [0.05, 0.1) is 12.2 Å². The molecule has 6 heteroatoms. The predicted octanol–water partition coefficient (Wildman–Crippen LogP) is 2.05. The van der Waals surface area contributed by atoms with Crippen LogP contribution >= 0.6 is 0 Å². The van der Waals surface area contributed by atoms with Crippen molar-refractivity contribution in [3.8, 4) is 0 Å². The minimum Gasteiger partial charge on any atom is -0.462 e. The van der Waals surface area contributed by atoms with Gasteiger partial charge >= 0.3 is 5.97 Å². The lowest BCUT2D eigenvalue weighted by Gasteiger charge is -2.08. The second-order valence-corrected chi connectivity index (χ2v) is 4.83. The standard InChI is InChI=1S/C17H18N2O4/c1-2-23-17(22)13-6-5-7-14(12-13)18-15(20)9-11-19-10-4-3-8-16(19)21/h3-8,10,12H,2,9,11H2,1H3,(H,18,20). The molecule has 0 aliphatic carbocycles. The summed E-state index contributed by atoms with van der Waals surface area (Å²) in [5.74, 6) is -0.666. The van der Waals surface area contributed by atoms with Crippen molar-refractivity contribution in [2.45, 2.75) is 19.9 Å². The topological polar surface area (TPSA) is 77.4 Å². The number of esters is 1. The first-order valence-electron chi connectivity index (χ1n) is 7.32. The summed E-state index contributed by atoms with van der Waals surface area (Å²) in [4.78, 5) is 35.2. The molecule has 1 N–H and O–H groups in total. The summed E-state index contributed by atoms with van der Waals surface area (Å²) in [7, 11) is 0. The average molecular weight is 314 g/mol. The number of hydrogen-bond acceptors (Lipinski definition) is 4. The van der Waals surface area contributed by atoms with Crippen molar-refractivity contribution in [3.05, 3.63) is 64.6 Å². The fourth-order valence-electron chi connectivity index (χ4n) is 2.03. The maximum absolute atomic E-state index is 12.0. The van der Waals surface area contributed by atoms with Gasteiger partial charge in [0.15, 0.2) is 0 Å². The van der Waals surface area contributed by atoms with Crippen LogP contribution in [-0.2, 0) is 16.1 Å². The Kier molecular flexibility index (Phi) is 5.68. The Morgan fingerprint density at radius 3 is 2.74 bits per heavy atom. The highest BCUT2D eigenvalue weighted by molar-refractivity contribution is 5.94. The summed E-state index contributed by atoms with van der Waals surface area (Å²) in [5, 5.41) is 2.71. The molecule has 120 valence electrons. The van der Waals surface area contributed by atoms with Crippen LogP contribution in [0.25, 0.3) is 0 Å². The van der Waals surface area contributed by atoms with Gasteiger partial charge in [-0.25, -0.2) is 4.79 Å². The molecule has 6 nitrogen and oxygen atoms in total. The number of benzene rings is 1. The molecule has 2 aromatic rings. The summed E-state index contributed by atoms with van der Waals surface area (Å²) in [6.07, 6.45) is 1.80. The smallest absolute Gasteiger partial charge is 0.338 e. The maximum atomic E-state index is 12.0. The number of aryl methyl sites for hydroxylation is 1. The van der Waals surface area contributed by atoms with Crippen molar-refractivity contribution in [1.29, 1.82) is 0 Å². The summed E-state index contributed by atoms with van der Waals surface area (Å²) >= 11 is 0. The third-order valence-electron chi connectivity index (χ3n) is 3.14. The quantitative estimate of drug-likeness (QED) is 0.828. The van der Waals surface area contributed by atoms with E-state index in [1.807, 2.05) is 0 Å². The number of rotatable bonds is 6. The maximum Gasteiger partial charge on any atom is 0.338 e. The minimum absolute atomic E-state index is 0.149. The zero-order valence-corrected chi connectivity index (χ0v) is 12.8. The molecule has 0 saturated carbocycles. The fraction of sp³-hybridized carbons (Fsp3) is 0.235. The number of hydrogen-bond donors (Lipinski definition) is 1. The van der Waals surface area contributed by atoms with E-state index in [-0.39, 0.29) is 17.9 Å². The lowest BCUT2D eigenvalue weighted by atomic mass is 10.2. The van der Waals surface area contributed by atoms with E-state index in [1.54, 1.807) is 49.5 Å². The van der Waals surface area contributed by atoms with Gasteiger partial charge in [-0.05, 0) is 31.2 Å². The highest BCUT2D eigenvalue weighted by Crippen LogP contribution is 2.12. The van der Waals surface area contributed by atoms with Gasteiger partial charge < -0.3 is 14.6 Å². The van der Waals surface area contributed by atoms with Crippen molar-refractivity contribution in [2.24, 2.45) is 0 Å². The Morgan fingerprint density at radius 1 is 1.17 bits per heavy atom. The molecule has 0 spiro atoms. The van der Waals surface area contributed by atoms with Crippen molar-refractivity contribution in [3.63, 3.8) is 0 Å². The van der Waals surface area contributed by atoms with Gasteiger partial charge in [0, 0.05) is 30.9 Å². The third kappa shape index (κ3) is 4.81. The molecule has 0 unspecified atom stereocenters. The molecule has 0 bridgehead atoms. The summed E-state index contributed by atoms with van der Waals surface area (Å²) in [6.45, 7) is 2.32. The van der Waals surface area contributed by atoms with Crippen LogP contribution in [0.4, 0.5) is 5.69 Å². The molecule has 0 radical (unpaired) electrons. The van der Waals surface area contributed by atoms with Gasteiger partial charge in [-0.3, -0.25) is 9.59 Å². The molecule has 1 amide bonds. The molecular formula is C17H18N2O4. The van der Waals surface area contributed by atoms with Crippen LogP contribution < -0.4 is 10.9 Å². The zero-order chi connectivity index (χ0) is 16.7. The number of pyridine rings is 1. The van der Waals surface area contributed by atoms with E-state index >= 15 is 0 Å². The normalized spacial score (nSPS) is 10.1. The first-order valence-corrected chi connectivity index (χ1v) is 7.32. The zero-order valence-electron chi connectivity index (χ0n) is 12.8. The number of aromatic nitrogens is 1. The molecule has 0 saturated heterocycles. The molecule has 0 fully saturated rings. The molecule has 1 heterocycles. The molecule has 1 aromatic heterocycles. The SMILES string of the molecule is CCOC(=O)c1cccc(NC(=O)CCn2ccccc2=O)c1. The summed E-state index contributed by atoms with van der Waals surface area (Å²) in [5.41, 5.74) is 0.745. The second-order valence-electron chi connectivity index (χ2n) is 4.83. The summed E-state index contributed by atoms with van der Waals surface area (Å²) < 4.78 is 6.38. The van der Waals surface area contributed by atoms with E-state index in [4.69, 9.17) is 4.74 Å². The molecule has 0 atom stereocenters. The number of carbonyl (C=O) groups is 2. The minimum atomic E-state index is -0.431. The number of nitrogens with one attached hydrogen (secondary N) is 1. The molecule has 1 aromatic carbocycles. The van der Waals surface area contributed by atoms with Crippen LogP contribution in [0.15, 0.2) is 53.5 Å². The molecule has 0 aliphatic rings. The van der Waals surface area contributed by atoms with Crippen LogP contribution in [-0.4, -0.2) is 23.1 Å². The average Bonchev–Trinajstić information content (AvgIpc) is 2.54. The number of nitrogens with zero attached hydrogens (tertiary/aromatic N) is 1. The van der Waals surface area contributed by atoms with Crippen molar-refractivity contribution >= 4 is 17.6 Å². The van der Waals surface area contributed by atoms with Gasteiger partial charge in [0.2, 0.25) is 5.91 Å². The van der Waals surface area contributed by atoms with Crippen molar-refractivity contribution < 1.29 is 14.3 Å². The third-order valence-corrected chi connectivity index (χ3v) is 3.14. The number of amides is 1. The monoisotopic (exact) mass is 314 g/mol. The Bertz CT molecular complexity index is 752. The number of anilines is 1. The van der Waals surface area contributed by atoms with E-state index in [2.05, 4.69) is 5.32 Å². The largest absolute Gasteiger partial charge is 0.462 e. The molecular weight excluding hydrogens is 296 g/mol. The summed E-state index contributed by atoms with van der Waals surface area (Å²) in [6, 6.07) is 11.4. The Balaban J connectivity index is 1.95. The van der Waals surface area contributed by atoms with Crippen LogP contribution in [0, 0.1) is 0 Å². The highest BCUT2D eigenvalue weighted by Gasteiger charge is 2.08.